The molecule has 0 aromatic heterocycles. The molecule has 0 spiro atoms. The zero-order valence-corrected chi connectivity index (χ0v) is 9.99. The van der Waals surface area contributed by atoms with Crippen LogP contribution in [0.15, 0.2) is 0 Å². The first kappa shape index (κ1) is 14.2. The van der Waals surface area contributed by atoms with Crippen molar-refractivity contribution in [2.75, 3.05) is 12.3 Å². The smallest absolute Gasteiger partial charge is 0.216 e. The molecule has 0 aliphatic rings. The van der Waals surface area contributed by atoms with E-state index in [2.05, 4.69) is 5.32 Å². The average molecular weight is 231 g/mol. The molecule has 0 aromatic rings. The number of ketones is 1. The Labute approximate surface area is 94.2 Å². The lowest BCUT2D eigenvalue weighted by Gasteiger charge is -2.01. The van der Waals surface area contributed by atoms with Gasteiger partial charge in [0.15, 0.2) is 5.12 Å². The second-order valence-electron chi connectivity index (χ2n) is 3.17. The Balaban J connectivity index is 3.49. The lowest BCUT2D eigenvalue weighted by Crippen LogP contribution is -2.22. The topological polar surface area (TPSA) is 63.2 Å². The van der Waals surface area contributed by atoms with Crippen LogP contribution in [-0.2, 0) is 14.4 Å². The van der Waals surface area contributed by atoms with Gasteiger partial charge >= 0.3 is 0 Å². The van der Waals surface area contributed by atoms with Gasteiger partial charge in [0.1, 0.15) is 5.78 Å². The number of rotatable bonds is 7. The number of carbonyl (C=O) groups excluding carboxylic acids is 3. The molecule has 0 aromatic carbocycles. The van der Waals surface area contributed by atoms with Gasteiger partial charge in [0.25, 0.3) is 0 Å². The monoisotopic (exact) mass is 231 g/mol. The fraction of sp³-hybridized carbons (Fsp3) is 0.700. The maximum Gasteiger partial charge on any atom is 0.216 e. The molecule has 5 heteroatoms. The highest BCUT2D eigenvalue weighted by atomic mass is 32.2. The third-order valence-electron chi connectivity index (χ3n) is 1.61. The predicted octanol–water partition coefficient (Wildman–Crippen LogP) is 1.14. The predicted molar refractivity (Wildman–Crippen MR) is 60.7 cm³/mol. The second-order valence-corrected chi connectivity index (χ2v) is 4.32. The van der Waals surface area contributed by atoms with E-state index in [0.29, 0.717) is 18.7 Å². The molecule has 0 aliphatic heterocycles. The Morgan fingerprint density at radius 3 is 2.47 bits per heavy atom. The molecule has 1 N–H and O–H groups in total. The summed E-state index contributed by atoms with van der Waals surface area (Å²) in [7, 11) is 0. The van der Waals surface area contributed by atoms with Crippen molar-refractivity contribution in [3.63, 3.8) is 0 Å². The Morgan fingerprint density at radius 2 is 1.93 bits per heavy atom. The van der Waals surface area contributed by atoms with Crippen molar-refractivity contribution in [3.05, 3.63) is 0 Å². The van der Waals surface area contributed by atoms with E-state index in [1.807, 2.05) is 6.92 Å². The molecule has 0 saturated carbocycles. The molecule has 86 valence electrons. The molecular formula is C10H17NO3S. The molecule has 15 heavy (non-hydrogen) atoms. The molecule has 0 rings (SSSR count). The lowest BCUT2D eigenvalue weighted by molar-refractivity contribution is -0.123. The Hall–Kier alpha value is -0.840. The van der Waals surface area contributed by atoms with E-state index in [-0.39, 0.29) is 23.2 Å². The minimum absolute atomic E-state index is 0.00507. The van der Waals surface area contributed by atoms with Gasteiger partial charge in [-0.05, 0) is 6.42 Å². The lowest BCUT2D eigenvalue weighted by atomic mass is 10.2. The second kappa shape index (κ2) is 8.47. The maximum atomic E-state index is 11.2. The molecule has 0 unspecified atom stereocenters. The summed E-state index contributed by atoms with van der Waals surface area (Å²) in [6.07, 6.45) is 1.26. The molecule has 1 amide bonds. The van der Waals surface area contributed by atoms with Gasteiger partial charge in [-0.1, -0.05) is 18.7 Å². The van der Waals surface area contributed by atoms with Gasteiger partial charge < -0.3 is 5.32 Å². The van der Waals surface area contributed by atoms with Crippen LogP contribution in [0.2, 0.25) is 0 Å². The SMILES string of the molecule is CCCC(=O)CC(=O)SCCNC(C)=O. The van der Waals surface area contributed by atoms with E-state index in [4.69, 9.17) is 0 Å². The first-order valence-corrected chi connectivity index (χ1v) is 5.96. The van der Waals surface area contributed by atoms with Crippen molar-refractivity contribution in [1.82, 2.24) is 5.32 Å². The van der Waals surface area contributed by atoms with Crippen LogP contribution < -0.4 is 5.32 Å². The molecule has 0 saturated heterocycles. The Bertz CT molecular complexity index is 241. The van der Waals surface area contributed by atoms with Crippen LogP contribution in [-0.4, -0.2) is 29.1 Å². The molecule has 0 heterocycles. The molecule has 0 aliphatic carbocycles. The minimum atomic E-state index is -0.112. The molecule has 0 radical (unpaired) electrons. The van der Waals surface area contributed by atoms with Crippen LogP contribution >= 0.6 is 11.8 Å². The highest BCUT2D eigenvalue weighted by Gasteiger charge is 2.08. The quantitative estimate of drug-likeness (QED) is 0.527. The van der Waals surface area contributed by atoms with Crippen LogP contribution in [0.1, 0.15) is 33.1 Å². The number of nitrogens with one attached hydrogen (secondary N) is 1. The van der Waals surface area contributed by atoms with Gasteiger partial charge in [0.2, 0.25) is 5.91 Å². The molecule has 4 nitrogen and oxygen atoms in total. The molecule has 0 bridgehead atoms. The standard InChI is InChI=1S/C10H17NO3S/c1-3-4-9(13)7-10(14)15-6-5-11-8(2)12/h3-7H2,1-2H3,(H,11,12). The first-order chi connectivity index (χ1) is 7.06. The molecular weight excluding hydrogens is 214 g/mol. The third kappa shape index (κ3) is 9.46. The van der Waals surface area contributed by atoms with Crippen LogP contribution in [0.5, 0.6) is 0 Å². The summed E-state index contributed by atoms with van der Waals surface area (Å²) in [5, 5.41) is 2.47. The largest absolute Gasteiger partial charge is 0.356 e. The van der Waals surface area contributed by atoms with Gasteiger partial charge in [-0.2, -0.15) is 0 Å². The van der Waals surface area contributed by atoms with E-state index in [0.717, 1.165) is 18.2 Å². The number of Topliss-reactive ketones (excluding diaryl/α,β-unsaturated/α-hetero) is 1. The summed E-state index contributed by atoms with van der Waals surface area (Å²) >= 11 is 1.10. The van der Waals surface area contributed by atoms with Crippen LogP contribution in [0.3, 0.4) is 0 Å². The van der Waals surface area contributed by atoms with Crippen molar-refractivity contribution in [2.45, 2.75) is 33.1 Å². The fourth-order valence-electron chi connectivity index (χ4n) is 0.971. The molecule has 0 atom stereocenters. The Morgan fingerprint density at radius 1 is 1.27 bits per heavy atom. The zero-order chi connectivity index (χ0) is 11.7. The van der Waals surface area contributed by atoms with E-state index >= 15 is 0 Å². The molecule has 0 fully saturated rings. The van der Waals surface area contributed by atoms with Crippen molar-refractivity contribution >= 4 is 28.6 Å². The highest BCUT2D eigenvalue weighted by molar-refractivity contribution is 8.13. The van der Waals surface area contributed by atoms with Crippen molar-refractivity contribution in [3.8, 4) is 0 Å². The van der Waals surface area contributed by atoms with E-state index in [1.54, 1.807) is 0 Å². The van der Waals surface area contributed by atoms with Crippen LogP contribution in [0.25, 0.3) is 0 Å². The first-order valence-electron chi connectivity index (χ1n) is 4.98. The van der Waals surface area contributed by atoms with Crippen LogP contribution in [0.4, 0.5) is 0 Å². The highest BCUT2D eigenvalue weighted by Crippen LogP contribution is 2.06. The van der Waals surface area contributed by atoms with Crippen molar-refractivity contribution in [2.24, 2.45) is 0 Å². The number of thioether (sulfide) groups is 1. The maximum absolute atomic E-state index is 11.2. The summed E-state index contributed by atoms with van der Waals surface area (Å²) in [5.74, 6) is 0.414. The van der Waals surface area contributed by atoms with E-state index in [9.17, 15) is 14.4 Å². The van der Waals surface area contributed by atoms with Crippen molar-refractivity contribution in [1.29, 1.82) is 0 Å². The number of hydrogen-bond donors (Lipinski definition) is 1. The normalized spacial score (nSPS) is 9.73. The number of hydrogen-bond acceptors (Lipinski definition) is 4. The van der Waals surface area contributed by atoms with Gasteiger partial charge in [0.05, 0.1) is 6.42 Å². The summed E-state index contributed by atoms with van der Waals surface area (Å²) in [5.41, 5.74) is 0. The minimum Gasteiger partial charge on any atom is -0.356 e. The van der Waals surface area contributed by atoms with Gasteiger partial charge in [-0.3, -0.25) is 14.4 Å². The van der Waals surface area contributed by atoms with Gasteiger partial charge in [0, 0.05) is 25.6 Å². The number of amides is 1. The fourth-order valence-corrected chi connectivity index (χ4v) is 1.67. The third-order valence-corrected chi connectivity index (χ3v) is 2.48. The van der Waals surface area contributed by atoms with E-state index < -0.39 is 0 Å². The van der Waals surface area contributed by atoms with Gasteiger partial charge in [-0.15, -0.1) is 0 Å². The summed E-state index contributed by atoms with van der Waals surface area (Å²) < 4.78 is 0. The zero-order valence-electron chi connectivity index (χ0n) is 9.17. The van der Waals surface area contributed by atoms with Crippen LogP contribution in [0, 0.1) is 0 Å². The van der Waals surface area contributed by atoms with Crippen molar-refractivity contribution < 1.29 is 14.4 Å². The average Bonchev–Trinajstić information content (AvgIpc) is 2.12. The van der Waals surface area contributed by atoms with E-state index in [1.165, 1.54) is 6.92 Å². The summed E-state index contributed by atoms with van der Waals surface area (Å²) in [4.78, 5) is 32.8. The Kier molecular flexibility index (Phi) is 7.99. The summed E-state index contributed by atoms with van der Waals surface area (Å²) in [6, 6.07) is 0. The summed E-state index contributed by atoms with van der Waals surface area (Å²) in [6.45, 7) is 3.80. The van der Waals surface area contributed by atoms with Gasteiger partial charge in [-0.25, -0.2) is 0 Å². The number of carbonyl (C=O) groups is 3.